The molecule has 0 atom stereocenters. The van der Waals surface area contributed by atoms with Crippen molar-refractivity contribution in [3.63, 3.8) is 0 Å². The summed E-state index contributed by atoms with van der Waals surface area (Å²) in [4.78, 5) is 20.7. The van der Waals surface area contributed by atoms with Gasteiger partial charge in [-0.05, 0) is 30.7 Å². The summed E-state index contributed by atoms with van der Waals surface area (Å²) in [6, 6.07) is 9.49. The van der Waals surface area contributed by atoms with Crippen LogP contribution >= 0.6 is 11.8 Å². The maximum Gasteiger partial charge on any atom is 0.307 e. The molecular weight excluding hydrogens is 284 g/mol. The fourth-order valence-electron chi connectivity index (χ4n) is 1.84. The fraction of sp³-hybridized carbons (Fsp3) is 0.312. The molecule has 5 heteroatoms. The standard InChI is InChI=1S/C16H18N2O2S/c1-10(2)16-17-11(3)8-14(18-16)21-13-6-4-12(5-7-13)9-15(19)20/h4-8,10H,9H2,1-3H3,(H,19,20). The number of aliphatic carboxylic acids is 1. The highest BCUT2D eigenvalue weighted by atomic mass is 32.2. The number of aromatic nitrogens is 2. The van der Waals surface area contributed by atoms with E-state index in [1.54, 1.807) is 11.8 Å². The molecule has 110 valence electrons. The van der Waals surface area contributed by atoms with Crippen molar-refractivity contribution >= 4 is 17.7 Å². The van der Waals surface area contributed by atoms with Crippen LogP contribution < -0.4 is 0 Å². The van der Waals surface area contributed by atoms with E-state index in [1.165, 1.54) is 0 Å². The largest absolute Gasteiger partial charge is 0.481 e. The van der Waals surface area contributed by atoms with Crippen molar-refractivity contribution in [2.75, 3.05) is 0 Å². The number of aryl methyl sites for hydroxylation is 1. The zero-order valence-electron chi connectivity index (χ0n) is 12.3. The van der Waals surface area contributed by atoms with Gasteiger partial charge < -0.3 is 5.11 Å². The summed E-state index contributed by atoms with van der Waals surface area (Å²) in [5, 5.41) is 9.68. The molecule has 0 aliphatic rings. The Bertz CT molecular complexity index is 639. The van der Waals surface area contributed by atoms with Gasteiger partial charge in [-0.25, -0.2) is 9.97 Å². The second-order valence-corrected chi connectivity index (χ2v) is 6.27. The van der Waals surface area contributed by atoms with Crippen molar-refractivity contribution in [2.24, 2.45) is 0 Å². The third-order valence-electron chi connectivity index (χ3n) is 2.87. The molecule has 0 amide bonds. The van der Waals surface area contributed by atoms with Crippen LogP contribution in [-0.4, -0.2) is 21.0 Å². The highest BCUT2D eigenvalue weighted by Crippen LogP contribution is 2.27. The molecule has 0 unspecified atom stereocenters. The number of hydrogen-bond acceptors (Lipinski definition) is 4. The molecule has 21 heavy (non-hydrogen) atoms. The Morgan fingerprint density at radius 1 is 1.24 bits per heavy atom. The number of carboxylic acid groups (broad SMARTS) is 1. The molecule has 0 saturated heterocycles. The maximum absolute atomic E-state index is 10.7. The first kappa shape index (κ1) is 15.5. The van der Waals surface area contributed by atoms with E-state index < -0.39 is 5.97 Å². The van der Waals surface area contributed by atoms with Gasteiger partial charge >= 0.3 is 5.97 Å². The summed E-state index contributed by atoms with van der Waals surface area (Å²) >= 11 is 1.56. The van der Waals surface area contributed by atoms with Crippen molar-refractivity contribution in [1.82, 2.24) is 9.97 Å². The SMILES string of the molecule is Cc1cc(Sc2ccc(CC(=O)O)cc2)nc(C(C)C)n1. The first-order valence-electron chi connectivity index (χ1n) is 6.78. The van der Waals surface area contributed by atoms with E-state index in [9.17, 15) is 4.79 Å². The number of rotatable bonds is 5. The fourth-order valence-corrected chi connectivity index (χ4v) is 2.73. The molecule has 0 bridgehead atoms. The minimum absolute atomic E-state index is 0.0507. The first-order chi connectivity index (χ1) is 9.94. The Morgan fingerprint density at radius 2 is 1.90 bits per heavy atom. The zero-order valence-corrected chi connectivity index (χ0v) is 13.1. The highest BCUT2D eigenvalue weighted by Gasteiger charge is 2.08. The van der Waals surface area contributed by atoms with E-state index in [1.807, 2.05) is 37.3 Å². The number of hydrogen-bond donors (Lipinski definition) is 1. The van der Waals surface area contributed by atoms with Crippen LogP contribution in [0.3, 0.4) is 0 Å². The molecule has 1 aromatic heterocycles. The lowest BCUT2D eigenvalue weighted by atomic mass is 10.2. The molecule has 0 saturated carbocycles. The lowest BCUT2D eigenvalue weighted by Crippen LogP contribution is -2.00. The van der Waals surface area contributed by atoms with Crippen molar-refractivity contribution in [2.45, 2.75) is 43.0 Å². The van der Waals surface area contributed by atoms with Gasteiger partial charge in [0.25, 0.3) is 0 Å². The van der Waals surface area contributed by atoms with Crippen molar-refractivity contribution < 1.29 is 9.90 Å². The smallest absolute Gasteiger partial charge is 0.307 e. The van der Waals surface area contributed by atoms with Gasteiger partial charge in [-0.3, -0.25) is 4.79 Å². The van der Waals surface area contributed by atoms with Gasteiger partial charge in [0.1, 0.15) is 10.9 Å². The predicted molar refractivity (Wildman–Crippen MR) is 82.8 cm³/mol. The normalized spacial score (nSPS) is 10.9. The molecular formula is C16H18N2O2S. The lowest BCUT2D eigenvalue weighted by molar-refractivity contribution is -0.136. The second-order valence-electron chi connectivity index (χ2n) is 5.18. The van der Waals surface area contributed by atoms with E-state index in [4.69, 9.17) is 5.11 Å². The van der Waals surface area contributed by atoms with Gasteiger partial charge in [-0.15, -0.1) is 0 Å². The highest BCUT2D eigenvalue weighted by molar-refractivity contribution is 7.99. The van der Waals surface area contributed by atoms with Crippen molar-refractivity contribution in [3.8, 4) is 0 Å². The van der Waals surface area contributed by atoms with E-state index in [2.05, 4.69) is 23.8 Å². The van der Waals surface area contributed by atoms with Crippen LogP contribution in [0.4, 0.5) is 0 Å². The summed E-state index contributed by atoms with van der Waals surface area (Å²) in [6.07, 6.45) is 0.0507. The summed E-state index contributed by atoms with van der Waals surface area (Å²) in [7, 11) is 0. The maximum atomic E-state index is 10.7. The number of carbonyl (C=O) groups is 1. The van der Waals surface area contributed by atoms with Crippen LogP contribution in [0.15, 0.2) is 40.3 Å². The van der Waals surface area contributed by atoms with E-state index in [0.717, 1.165) is 27.0 Å². The van der Waals surface area contributed by atoms with E-state index in [0.29, 0.717) is 5.92 Å². The zero-order chi connectivity index (χ0) is 15.4. The second kappa shape index (κ2) is 6.72. The van der Waals surface area contributed by atoms with E-state index >= 15 is 0 Å². The number of carboxylic acids is 1. The summed E-state index contributed by atoms with van der Waals surface area (Å²) < 4.78 is 0. The Kier molecular flexibility index (Phi) is 4.96. The first-order valence-corrected chi connectivity index (χ1v) is 7.60. The average molecular weight is 302 g/mol. The Labute approximate surface area is 128 Å². The molecule has 0 radical (unpaired) electrons. The lowest BCUT2D eigenvalue weighted by Gasteiger charge is -2.08. The van der Waals surface area contributed by atoms with Crippen molar-refractivity contribution in [1.29, 1.82) is 0 Å². The minimum Gasteiger partial charge on any atom is -0.481 e. The molecule has 1 N–H and O–H groups in total. The van der Waals surface area contributed by atoms with Crippen LogP contribution in [-0.2, 0) is 11.2 Å². The van der Waals surface area contributed by atoms with Gasteiger partial charge in [0, 0.05) is 16.5 Å². The molecule has 4 nitrogen and oxygen atoms in total. The van der Waals surface area contributed by atoms with Gasteiger partial charge in [-0.2, -0.15) is 0 Å². The predicted octanol–water partition coefficient (Wildman–Crippen LogP) is 3.69. The summed E-state index contributed by atoms with van der Waals surface area (Å²) in [5.41, 5.74) is 1.76. The molecule has 2 aromatic rings. The quantitative estimate of drug-likeness (QED) is 0.853. The Morgan fingerprint density at radius 3 is 2.48 bits per heavy atom. The van der Waals surface area contributed by atoms with Crippen LogP contribution in [0.1, 0.15) is 36.8 Å². The third-order valence-corrected chi connectivity index (χ3v) is 3.79. The molecule has 0 aliphatic carbocycles. The van der Waals surface area contributed by atoms with Gasteiger partial charge in [0.05, 0.1) is 6.42 Å². The minimum atomic E-state index is -0.816. The molecule has 1 heterocycles. The van der Waals surface area contributed by atoms with Gasteiger partial charge in [0.2, 0.25) is 0 Å². The summed E-state index contributed by atoms with van der Waals surface area (Å²) in [5.74, 6) is 0.325. The summed E-state index contributed by atoms with van der Waals surface area (Å²) in [6.45, 7) is 6.11. The number of benzene rings is 1. The van der Waals surface area contributed by atoms with Gasteiger partial charge in [0.15, 0.2) is 0 Å². The molecule has 0 fully saturated rings. The Balaban J connectivity index is 2.16. The van der Waals surface area contributed by atoms with Crippen LogP contribution in [0.5, 0.6) is 0 Å². The molecule has 1 aromatic carbocycles. The van der Waals surface area contributed by atoms with Crippen LogP contribution in [0.25, 0.3) is 0 Å². The molecule has 0 aliphatic heterocycles. The van der Waals surface area contributed by atoms with Crippen LogP contribution in [0.2, 0.25) is 0 Å². The molecule has 0 spiro atoms. The van der Waals surface area contributed by atoms with E-state index in [-0.39, 0.29) is 6.42 Å². The monoisotopic (exact) mass is 302 g/mol. The average Bonchev–Trinajstić information content (AvgIpc) is 2.39. The Hall–Kier alpha value is -1.88. The van der Waals surface area contributed by atoms with Crippen molar-refractivity contribution in [3.05, 3.63) is 47.4 Å². The third kappa shape index (κ3) is 4.56. The topological polar surface area (TPSA) is 63.1 Å². The molecule has 2 rings (SSSR count). The van der Waals surface area contributed by atoms with Crippen LogP contribution in [0, 0.1) is 6.92 Å². The van der Waals surface area contributed by atoms with Gasteiger partial charge in [-0.1, -0.05) is 37.7 Å². The number of nitrogens with zero attached hydrogens (tertiary/aromatic N) is 2.